The maximum Gasteiger partial charge on any atom is 0.307 e. The number of carbonyl (C=O) groups is 2. The Morgan fingerprint density at radius 1 is 1.24 bits per heavy atom. The molecule has 0 spiro atoms. The summed E-state index contributed by atoms with van der Waals surface area (Å²) >= 11 is 0. The lowest BCUT2D eigenvalue weighted by atomic mass is 10.1. The maximum atomic E-state index is 12.5. The minimum absolute atomic E-state index is 0. The summed E-state index contributed by atoms with van der Waals surface area (Å²) < 4.78 is 4.62. The number of amides is 1. The van der Waals surface area contributed by atoms with Gasteiger partial charge in [0.1, 0.15) is 0 Å². The van der Waals surface area contributed by atoms with Gasteiger partial charge in [-0.3, -0.25) is 14.6 Å². The number of halogens is 1. The van der Waals surface area contributed by atoms with Crippen molar-refractivity contribution in [1.82, 2.24) is 15.5 Å². The van der Waals surface area contributed by atoms with Crippen molar-refractivity contribution in [2.45, 2.75) is 51.5 Å². The average molecular weight is 466 g/mol. The van der Waals surface area contributed by atoms with Crippen LogP contribution in [0.5, 0.6) is 0 Å². The smallest absolute Gasteiger partial charge is 0.307 e. The van der Waals surface area contributed by atoms with E-state index in [4.69, 9.17) is 0 Å². The highest BCUT2D eigenvalue weighted by Gasteiger charge is 2.32. The molecule has 2 rings (SSSR count). The van der Waals surface area contributed by atoms with Crippen molar-refractivity contribution in [3.05, 3.63) is 0 Å². The molecule has 0 bridgehead atoms. The van der Waals surface area contributed by atoms with Crippen molar-refractivity contribution in [3.8, 4) is 0 Å². The number of hydrogen-bond acceptors (Lipinski definition) is 4. The van der Waals surface area contributed by atoms with Crippen LogP contribution in [0.4, 0.5) is 0 Å². The van der Waals surface area contributed by atoms with Gasteiger partial charge in [0.25, 0.3) is 0 Å². The van der Waals surface area contributed by atoms with Gasteiger partial charge in [0.05, 0.1) is 20.1 Å². The van der Waals surface area contributed by atoms with Gasteiger partial charge in [-0.25, -0.2) is 0 Å². The molecule has 1 atom stereocenters. The lowest BCUT2D eigenvalue weighted by molar-refractivity contribution is -0.140. The van der Waals surface area contributed by atoms with Crippen LogP contribution in [-0.4, -0.2) is 62.1 Å². The molecule has 1 saturated carbocycles. The topological polar surface area (TPSA) is 83.0 Å². The maximum absolute atomic E-state index is 12.5. The molecule has 1 saturated heterocycles. The summed E-state index contributed by atoms with van der Waals surface area (Å²) in [5.41, 5.74) is 0. The molecular weight excluding hydrogens is 435 g/mol. The van der Waals surface area contributed by atoms with Crippen molar-refractivity contribution < 1.29 is 14.3 Å². The molecule has 0 aromatic rings. The number of esters is 1. The number of methoxy groups -OCH3 is 1. The summed E-state index contributed by atoms with van der Waals surface area (Å²) in [6, 6.07) is 0.214. The van der Waals surface area contributed by atoms with E-state index in [0.717, 1.165) is 38.9 Å². The van der Waals surface area contributed by atoms with Crippen molar-refractivity contribution in [1.29, 1.82) is 0 Å². The highest BCUT2D eigenvalue weighted by atomic mass is 127. The summed E-state index contributed by atoms with van der Waals surface area (Å²) in [5.74, 6) is 1.00. The van der Waals surface area contributed by atoms with Gasteiger partial charge in [-0.15, -0.1) is 24.0 Å². The molecule has 1 unspecified atom stereocenters. The standard InChI is InChI=1S/C17H30N4O3.HI/c1-3-18-17(19-10-8-15(22)24-2)20-14-9-11-21(12-14)16(23)13-6-4-5-7-13;/h13-14H,3-12H2,1-2H3,(H2,18,19,20);1H. The summed E-state index contributed by atoms with van der Waals surface area (Å²) in [7, 11) is 1.38. The number of ether oxygens (including phenoxy) is 1. The van der Waals surface area contributed by atoms with Crippen molar-refractivity contribution in [2.24, 2.45) is 10.9 Å². The molecule has 2 aliphatic rings. The predicted molar refractivity (Wildman–Crippen MR) is 108 cm³/mol. The van der Waals surface area contributed by atoms with E-state index >= 15 is 0 Å². The van der Waals surface area contributed by atoms with E-state index in [1.165, 1.54) is 20.0 Å². The largest absolute Gasteiger partial charge is 0.469 e. The Labute approximate surface area is 167 Å². The monoisotopic (exact) mass is 466 g/mol. The lowest BCUT2D eigenvalue weighted by Gasteiger charge is -2.21. The minimum Gasteiger partial charge on any atom is -0.469 e. The van der Waals surface area contributed by atoms with E-state index in [2.05, 4.69) is 20.4 Å². The quantitative estimate of drug-likeness (QED) is 0.269. The zero-order valence-corrected chi connectivity index (χ0v) is 17.6. The third kappa shape index (κ3) is 6.99. The zero-order valence-electron chi connectivity index (χ0n) is 15.3. The van der Waals surface area contributed by atoms with E-state index in [1.54, 1.807) is 0 Å². The molecule has 2 N–H and O–H groups in total. The number of hydrogen-bond donors (Lipinski definition) is 2. The molecule has 0 radical (unpaired) electrons. The number of carbonyl (C=O) groups excluding carboxylic acids is 2. The molecule has 1 heterocycles. The second-order valence-corrected chi connectivity index (χ2v) is 6.48. The fraction of sp³-hybridized carbons (Fsp3) is 0.824. The van der Waals surface area contributed by atoms with Crippen LogP contribution in [0.15, 0.2) is 4.99 Å². The lowest BCUT2D eigenvalue weighted by Crippen LogP contribution is -2.45. The van der Waals surface area contributed by atoms with Gasteiger partial charge in [-0.1, -0.05) is 12.8 Å². The molecule has 25 heavy (non-hydrogen) atoms. The van der Waals surface area contributed by atoms with Gasteiger partial charge in [0, 0.05) is 31.6 Å². The van der Waals surface area contributed by atoms with Gasteiger partial charge >= 0.3 is 5.97 Å². The number of aliphatic imine (C=N–C) groups is 1. The van der Waals surface area contributed by atoms with Crippen LogP contribution >= 0.6 is 24.0 Å². The van der Waals surface area contributed by atoms with Crippen molar-refractivity contribution in [3.63, 3.8) is 0 Å². The number of likely N-dealkylation sites (tertiary alicyclic amines) is 1. The fourth-order valence-electron chi connectivity index (χ4n) is 3.38. The SMILES string of the molecule is CCNC(=NCCC(=O)OC)NC1CCN(C(=O)C2CCCC2)C1.I. The molecule has 1 aliphatic carbocycles. The highest BCUT2D eigenvalue weighted by Crippen LogP contribution is 2.27. The van der Waals surface area contributed by atoms with Crippen molar-refractivity contribution >= 4 is 41.8 Å². The van der Waals surface area contributed by atoms with Crippen LogP contribution in [0, 0.1) is 5.92 Å². The number of nitrogens with zero attached hydrogens (tertiary/aromatic N) is 2. The molecule has 2 fully saturated rings. The first-order chi connectivity index (χ1) is 11.6. The van der Waals surface area contributed by atoms with E-state index in [0.29, 0.717) is 18.4 Å². The Morgan fingerprint density at radius 3 is 2.60 bits per heavy atom. The van der Waals surface area contributed by atoms with E-state index in [9.17, 15) is 9.59 Å². The zero-order chi connectivity index (χ0) is 17.4. The molecule has 0 aromatic carbocycles. The normalized spacial score (nSPS) is 21.0. The van der Waals surface area contributed by atoms with Crippen molar-refractivity contribution in [2.75, 3.05) is 33.3 Å². The van der Waals surface area contributed by atoms with Crippen LogP contribution in [0.1, 0.15) is 45.4 Å². The number of guanidine groups is 1. The van der Waals surface area contributed by atoms with Crippen LogP contribution in [-0.2, 0) is 14.3 Å². The minimum atomic E-state index is -0.260. The second-order valence-electron chi connectivity index (χ2n) is 6.48. The first-order valence-corrected chi connectivity index (χ1v) is 9.04. The molecule has 144 valence electrons. The van der Waals surface area contributed by atoms with E-state index in [-0.39, 0.29) is 48.3 Å². The molecule has 1 aliphatic heterocycles. The van der Waals surface area contributed by atoms with Crippen LogP contribution in [0.2, 0.25) is 0 Å². The molecule has 1 amide bonds. The van der Waals surface area contributed by atoms with Crippen LogP contribution in [0.25, 0.3) is 0 Å². The summed E-state index contributed by atoms with van der Waals surface area (Å²) in [5, 5.41) is 6.56. The number of rotatable bonds is 6. The Balaban J connectivity index is 0.00000312. The average Bonchev–Trinajstić information content (AvgIpc) is 3.26. The summed E-state index contributed by atoms with van der Waals surface area (Å²) in [6.45, 7) is 4.69. The Morgan fingerprint density at radius 2 is 1.96 bits per heavy atom. The number of nitrogens with one attached hydrogen (secondary N) is 2. The molecule has 8 heteroatoms. The van der Waals surface area contributed by atoms with Gasteiger partial charge in [-0.05, 0) is 26.2 Å². The first kappa shape index (κ1) is 22.0. The third-order valence-electron chi connectivity index (χ3n) is 4.70. The highest BCUT2D eigenvalue weighted by molar-refractivity contribution is 14.0. The second kappa shape index (κ2) is 11.5. The summed E-state index contributed by atoms with van der Waals surface area (Å²) in [4.78, 5) is 30.0. The van der Waals surface area contributed by atoms with E-state index in [1.807, 2.05) is 11.8 Å². The Kier molecular flexibility index (Phi) is 10.1. The van der Waals surface area contributed by atoms with Gasteiger partial charge in [0.15, 0.2) is 5.96 Å². The van der Waals surface area contributed by atoms with Gasteiger partial charge in [-0.2, -0.15) is 0 Å². The predicted octanol–water partition coefficient (Wildman–Crippen LogP) is 1.51. The molecule has 7 nitrogen and oxygen atoms in total. The third-order valence-corrected chi connectivity index (χ3v) is 4.70. The van der Waals surface area contributed by atoms with Crippen LogP contribution in [0.3, 0.4) is 0 Å². The van der Waals surface area contributed by atoms with E-state index < -0.39 is 0 Å². The Hall–Kier alpha value is -1.06. The molecule has 0 aromatic heterocycles. The van der Waals surface area contributed by atoms with Crippen LogP contribution < -0.4 is 10.6 Å². The van der Waals surface area contributed by atoms with Gasteiger partial charge < -0.3 is 20.3 Å². The van der Waals surface area contributed by atoms with Gasteiger partial charge in [0.2, 0.25) is 5.91 Å². The fourth-order valence-corrected chi connectivity index (χ4v) is 3.38. The summed E-state index contributed by atoms with van der Waals surface area (Å²) in [6.07, 6.45) is 5.66. The molecular formula is C17H31IN4O3. The first-order valence-electron chi connectivity index (χ1n) is 9.04. The Bertz CT molecular complexity index is 467.